The second-order valence-corrected chi connectivity index (χ2v) is 6.51. The fourth-order valence-electron chi connectivity index (χ4n) is 2.34. The first-order chi connectivity index (χ1) is 9.92. The molecule has 0 heterocycles. The number of aryl methyl sites for hydroxylation is 2. The molecule has 1 unspecified atom stereocenters. The summed E-state index contributed by atoms with van der Waals surface area (Å²) in [7, 11) is 1.83. The van der Waals surface area contributed by atoms with Crippen LogP contribution in [-0.2, 0) is 6.42 Å². The minimum absolute atomic E-state index is 0.113. The quantitative estimate of drug-likeness (QED) is 0.714. The smallest absolute Gasteiger partial charge is 0.129 e. The summed E-state index contributed by atoms with van der Waals surface area (Å²) >= 11 is 9.34. The van der Waals surface area contributed by atoms with Gasteiger partial charge in [0.05, 0.1) is 5.02 Å². The second-order valence-electron chi connectivity index (χ2n) is 5.25. The molecule has 0 spiro atoms. The van der Waals surface area contributed by atoms with Crippen molar-refractivity contribution in [2.45, 2.75) is 26.3 Å². The summed E-state index contributed by atoms with van der Waals surface area (Å²) in [5.74, 6) is -0.255. The third-order valence-electron chi connectivity index (χ3n) is 3.77. The summed E-state index contributed by atoms with van der Waals surface area (Å²) in [5.41, 5.74) is 4.27. The minimum atomic E-state index is -0.255. The van der Waals surface area contributed by atoms with Crippen molar-refractivity contribution in [3.63, 3.8) is 0 Å². The van der Waals surface area contributed by atoms with Crippen molar-refractivity contribution >= 4 is 27.5 Å². The van der Waals surface area contributed by atoms with E-state index < -0.39 is 0 Å². The number of hydrogen-bond donors (Lipinski definition) is 1. The molecule has 0 aromatic heterocycles. The average Bonchev–Trinajstić information content (AvgIpc) is 2.44. The number of nitrogens with one attached hydrogen (secondary N) is 1. The van der Waals surface area contributed by atoms with Crippen LogP contribution in [0.1, 0.15) is 28.3 Å². The number of benzene rings is 2. The Kier molecular flexibility index (Phi) is 5.42. The highest BCUT2D eigenvalue weighted by Crippen LogP contribution is 2.30. The first kappa shape index (κ1) is 16.5. The van der Waals surface area contributed by atoms with E-state index in [2.05, 4.69) is 53.3 Å². The zero-order chi connectivity index (χ0) is 15.6. The molecule has 112 valence electrons. The van der Waals surface area contributed by atoms with Crippen molar-refractivity contribution in [2.75, 3.05) is 7.05 Å². The van der Waals surface area contributed by atoms with Gasteiger partial charge in [-0.3, -0.25) is 0 Å². The lowest BCUT2D eigenvalue weighted by atomic mass is 9.96. The molecule has 0 fully saturated rings. The first-order valence-electron chi connectivity index (χ1n) is 6.80. The van der Waals surface area contributed by atoms with Crippen LogP contribution in [0.4, 0.5) is 4.39 Å². The van der Waals surface area contributed by atoms with E-state index in [1.165, 1.54) is 22.8 Å². The minimum Gasteiger partial charge on any atom is -0.313 e. The first-order valence-corrected chi connectivity index (χ1v) is 7.97. The third-order valence-corrected chi connectivity index (χ3v) is 4.97. The van der Waals surface area contributed by atoms with Gasteiger partial charge in [-0.15, -0.1) is 0 Å². The van der Waals surface area contributed by atoms with Crippen molar-refractivity contribution < 1.29 is 4.39 Å². The van der Waals surface area contributed by atoms with Gasteiger partial charge in [-0.1, -0.05) is 29.8 Å². The number of halogens is 3. The Bertz CT molecular complexity index is 657. The van der Waals surface area contributed by atoms with Gasteiger partial charge in [-0.05, 0) is 72.1 Å². The topological polar surface area (TPSA) is 12.0 Å². The number of hydrogen-bond acceptors (Lipinski definition) is 1. The van der Waals surface area contributed by atoms with Crippen molar-refractivity contribution in [2.24, 2.45) is 0 Å². The van der Waals surface area contributed by atoms with Gasteiger partial charge in [0.25, 0.3) is 0 Å². The molecule has 0 saturated carbocycles. The summed E-state index contributed by atoms with van der Waals surface area (Å²) in [5, 5.41) is 3.69. The van der Waals surface area contributed by atoms with E-state index >= 15 is 0 Å². The summed E-state index contributed by atoms with van der Waals surface area (Å²) in [6, 6.07) is 9.33. The van der Waals surface area contributed by atoms with E-state index in [4.69, 9.17) is 11.6 Å². The van der Waals surface area contributed by atoms with Crippen molar-refractivity contribution in [1.29, 1.82) is 0 Å². The van der Waals surface area contributed by atoms with Crippen molar-refractivity contribution in [1.82, 2.24) is 5.32 Å². The van der Waals surface area contributed by atoms with E-state index in [1.807, 2.05) is 7.05 Å². The Labute approximate surface area is 138 Å². The molecular formula is C17H18BrClFN. The highest BCUT2D eigenvalue weighted by molar-refractivity contribution is 9.10. The molecule has 0 bridgehead atoms. The predicted molar refractivity (Wildman–Crippen MR) is 90.5 cm³/mol. The molecule has 0 aliphatic carbocycles. The summed E-state index contributed by atoms with van der Waals surface area (Å²) < 4.78 is 14.8. The lowest BCUT2D eigenvalue weighted by Gasteiger charge is -2.19. The van der Waals surface area contributed by atoms with Gasteiger partial charge in [0, 0.05) is 16.1 Å². The highest BCUT2D eigenvalue weighted by atomic mass is 79.9. The number of likely N-dealkylation sites (N-methyl/N-ethyl adjacent to an activating group) is 1. The van der Waals surface area contributed by atoms with Crippen LogP contribution < -0.4 is 5.32 Å². The molecule has 0 aliphatic rings. The standard InChI is InChI=1S/C17H18BrClFN/c1-10-4-5-12(6-11(10)2)7-17(21-3)13-8-15(19)14(18)9-16(13)20/h4-6,8-9,17,21H,7H2,1-3H3. The van der Waals surface area contributed by atoms with Gasteiger partial charge in [0.1, 0.15) is 5.82 Å². The van der Waals surface area contributed by atoms with Gasteiger partial charge in [-0.2, -0.15) is 0 Å². The maximum absolute atomic E-state index is 14.2. The SMILES string of the molecule is CNC(Cc1ccc(C)c(C)c1)c1cc(Cl)c(Br)cc1F. The van der Waals surface area contributed by atoms with E-state index in [0.717, 1.165) is 0 Å². The maximum Gasteiger partial charge on any atom is 0.129 e. The average molecular weight is 371 g/mol. The molecule has 4 heteroatoms. The van der Waals surface area contributed by atoms with Crippen molar-refractivity contribution in [3.05, 3.63) is 67.9 Å². The van der Waals surface area contributed by atoms with Crippen molar-refractivity contribution in [3.8, 4) is 0 Å². The molecule has 2 rings (SSSR count). The van der Waals surface area contributed by atoms with E-state index in [0.29, 0.717) is 21.5 Å². The highest BCUT2D eigenvalue weighted by Gasteiger charge is 2.17. The van der Waals surface area contributed by atoms with E-state index in [-0.39, 0.29) is 11.9 Å². The number of rotatable bonds is 4. The Morgan fingerprint density at radius 2 is 1.90 bits per heavy atom. The van der Waals surface area contributed by atoms with Crippen LogP contribution >= 0.6 is 27.5 Å². The van der Waals surface area contributed by atoms with Crippen LogP contribution in [-0.4, -0.2) is 7.05 Å². The molecule has 0 saturated heterocycles. The van der Waals surface area contributed by atoms with E-state index in [9.17, 15) is 4.39 Å². The molecule has 1 nitrogen and oxygen atoms in total. The molecule has 0 radical (unpaired) electrons. The Balaban J connectivity index is 2.31. The van der Waals surface area contributed by atoms with Crippen LogP contribution in [0.5, 0.6) is 0 Å². The summed E-state index contributed by atoms with van der Waals surface area (Å²) in [4.78, 5) is 0. The lowest BCUT2D eigenvalue weighted by molar-refractivity contribution is 0.533. The van der Waals surface area contributed by atoms with Gasteiger partial charge >= 0.3 is 0 Å². The lowest BCUT2D eigenvalue weighted by Crippen LogP contribution is -2.20. The summed E-state index contributed by atoms with van der Waals surface area (Å²) in [6.07, 6.45) is 0.715. The molecular weight excluding hydrogens is 353 g/mol. The molecule has 1 N–H and O–H groups in total. The fourth-order valence-corrected chi connectivity index (χ4v) is 2.83. The Morgan fingerprint density at radius 3 is 2.52 bits per heavy atom. The normalized spacial score (nSPS) is 12.5. The summed E-state index contributed by atoms with van der Waals surface area (Å²) in [6.45, 7) is 4.17. The predicted octanol–water partition coefficient (Wildman–Crippen LogP) is 5.36. The van der Waals surface area contributed by atoms with Crippen LogP contribution in [0.3, 0.4) is 0 Å². The third kappa shape index (κ3) is 3.85. The molecule has 1 atom stereocenters. The molecule has 2 aromatic carbocycles. The second kappa shape index (κ2) is 6.91. The Hall–Kier alpha value is -0.900. The van der Waals surface area contributed by atoms with Crippen LogP contribution in [0, 0.1) is 19.7 Å². The van der Waals surface area contributed by atoms with Gasteiger partial charge in [0.15, 0.2) is 0 Å². The van der Waals surface area contributed by atoms with Crippen LogP contribution in [0.15, 0.2) is 34.8 Å². The van der Waals surface area contributed by atoms with Crippen LogP contribution in [0.2, 0.25) is 5.02 Å². The molecule has 0 amide bonds. The van der Waals surface area contributed by atoms with Gasteiger partial charge < -0.3 is 5.32 Å². The monoisotopic (exact) mass is 369 g/mol. The maximum atomic E-state index is 14.2. The zero-order valence-electron chi connectivity index (χ0n) is 12.3. The molecule has 21 heavy (non-hydrogen) atoms. The van der Waals surface area contributed by atoms with E-state index in [1.54, 1.807) is 6.07 Å². The Morgan fingerprint density at radius 1 is 1.19 bits per heavy atom. The van der Waals surface area contributed by atoms with Gasteiger partial charge in [-0.25, -0.2) is 4.39 Å². The van der Waals surface area contributed by atoms with Crippen LogP contribution in [0.25, 0.3) is 0 Å². The largest absolute Gasteiger partial charge is 0.313 e. The zero-order valence-corrected chi connectivity index (χ0v) is 14.6. The molecule has 0 aliphatic heterocycles. The molecule has 2 aromatic rings. The fraction of sp³-hybridized carbons (Fsp3) is 0.294. The van der Waals surface area contributed by atoms with Gasteiger partial charge in [0.2, 0.25) is 0 Å².